The molecule has 5 aromatic carbocycles. The number of hydrogen-bond acceptors (Lipinski definition) is 2. The van der Waals surface area contributed by atoms with Gasteiger partial charge < -0.3 is 10.0 Å². The first-order valence-corrected chi connectivity index (χ1v) is 7.70. The van der Waals surface area contributed by atoms with E-state index in [2.05, 4.69) is 42.5 Å². The second kappa shape index (κ2) is 4.45. The molecule has 23 heavy (non-hydrogen) atoms. The summed E-state index contributed by atoms with van der Waals surface area (Å²) in [6.45, 7) is 0. The summed E-state index contributed by atoms with van der Waals surface area (Å²) in [6, 6.07) is 22.6. The molecule has 0 amide bonds. The molecule has 0 saturated carbocycles. The number of fused-ring (bicyclic) bond motifs is 2. The maximum Gasteiger partial charge on any atom is 0.489 e. The number of benzene rings is 5. The van der Waals surface area contributed by atoms with E-state index in [9.17, 15) is 10.0 Å². The van der Waals surface area contributed by atoms with Gasteiger partial charge in [-0.15, -0.1) is 0 Å². The average molecular weight is 296 g/mol. The predicted octanol–water partition coefficient (Wildman–Crippen LogP) is 3.42. The molecule has 0 aliphatic heterocycles. The number of hydrogen-bond donors (Lipinski definition) is 2. The Balaban J connectivity index is 2.19. The van der Waals surface area contributed by atoms with Crippen LogP contribution in [-0.4, -0.2) is 17.2 Å². The molecule has 108 valence electrons. The molecular formula is C20H13BO2. The molecule has 2 nitrogen and oxygen atoms in total. The van der Waals surface area contributed by atoms with Crippen LogP contribution in [0.15, 0.2) is 66.7 Å². The molecule has 0 bridgehead atoms. The van der Waals surface area contributed by atoms with E-state index < -0.39 is 7.12 Å². The summed E-state index contributed by atoms with van der Waals surface area (Å²) in [5.74, 6) is 0. The van der Waals surface area contributed by atoms with Crippen molar-refractivity contribution in [3.05, 3.63) is 66.7 Å². The van der Waals surface area contributed by atoms with Gasteiger partial charge in [-0.1, -0.05) is 66.7 Å². The Bertz CT molecular complexity index is 1140. The molecule has 0 aliphatic rings. The molecule has 5 rings (SSSR count). The summed E-state index contributed by atoms with van der Waals surface area (Å²) in [5, 5.41) is 28.6. The Kier molecular flexibility index (Phi) is 2.49. The van der Waals surface area contributed by atoms with Crippen molar-refractivity contribution in [2.45, 2.75) is 0 Å². The second-order valence-electron chi connectivity index (χ2n) is 6.01. The Labute approximate surface area is 133 Å². The first kappa shape index (κ1) is 12.9. The van der Waals surface area contributed by atoms with Gasteiger partial charge in [-0.3, -0.25) is 0 Å². The van der Waals surface area contributed by atoms with Gasteiger partial charge in [0.05, 0.1) is 0 Å². The zero-order valence-corrected chi connectivity index (χ0v) is 12.3. The van der Waals surface area contributed by atoms with Crippen molar-refractivity contribution in [1.29, 1.82) is 0 Å². The van der Waals surface area contributed by atoms with Crippen LogP contribution < -0.4 is 5.46 Å². The highest BCUT2D eigenvalue weighted by molar-refractivity contribution is 6.62. The fourth-order valence-electron chi connectivity index (χ4n) is 3.89. The van der Waals surface area contributed by atoms with Crippen LogP contribution in [0, 0.1) is 0 Å². The quantitative estimate of drug-likeness (QED) is 0.283. The highest BCUT2D eigenvalue weighted by Gasteiger charge is 2.18. The highest BCUT2D eigenvalue weighted by atomic mass is 16.4. The minimum absolute atomic E-state index is 0.553. The Morgan fingerprint density at radius 2 is 1.04 bits per heavy atom. The van der Waals surface area contributed by atoms with E-state index in [4.69, 9.17) is 0 Å². The lowest BCUT2D eigenvalue weighted by Crippen LogP contribution is -2.30. The van der Waals surface area contributed by atoms with Crippen molar-refractivity contribution in [3.63, 3.8) is 0 Å². The molecule has 0 unspecified atom stereocenters. The fourth-order valence-corrected chi connectivity index (χ4v) is 3.89. The van der Waals surface area contributed by atoms with Gasteiger partial charge >= 0.3 is 7.12 Å². The molecule has 0 aromatic heterocycles. The molecule has 0 radical (unpaired) electrons. The minimum atomic E-state index is -1.47. The summed E-state index contributed by atoms with van der Waals surface area (Å²) in [5.41, 5.74) is 0.553. The predicted molar refractivity (Wildman–Crippen MR) is 97.5 cm³/mol. The molecule has 0 spiro atoms. The van der Waals surface area contributed by atoms with Crippen LogP contribution in [0.3, 0.4) is 0 Å². The molecular weight excluding hydrogens is 283 g/mol. The third kappa shape index (κ3) is 1.61. The van der Waals surface area contributed by atoms with Gasteiger partial charge in [0.25, 0.3) is 0 Å². The van der Waals surface area contributed by atoms with E-state index in [1.807, 2.05) is 24.3 Å². The van der Waals surface area contributed by atoms with E-state index in [1.54, 1.807) is 0 Å². The monoisotopic (exact) mass is 296 g/mol. The topological polar surface area (TPSA) is 40.5 Å². The molecule has 0 atom stereocenters. The van der Waals surface area contributed by atoms with Gasteiger partial charge in [-0.25, -0.2) is 0 Å². The average Bonchev–Trinajstić information content (AvgIpc) is 2.58. The summed E-state index contributed by atoms with van der Waals surface area (Å²) < 4.78 is 0. The lowest BCUT2D eigenvalue weighted by atomic mass is 9.75. The van der Waals surface area contributed by atoms with Gasteiger partial charge in [0.15, 0.2) is 0 Å². The first-order valence-electron chi connectivity index (χ1n) is 7.70. The minimum Gasteiger partial charge on any atom is -0.423 e. The van der Waals surface area contributed by atoms with Crippen molar-refractivity contribution in [1.82, 2.24) is 0 Å². The second-order valence-corrected chi connectivity index (χ2v) is 6.01. The van der Waals surface area contributed by atoms with Crippen molar-refractivity contribution >= 4 is 55.7 Å². The summed E-state index contributed by atoms with van der Waals surface area (Å²) in [6.07, 6.45) is 0. The van der Waals surface area contributed by atoms with Gasteiger partial charge in [-0.05, 0) is 48.6 Å². The van der Waals surface area contributed by atoms with Crippen LogP contribution in [0.25, 0.3) is 43.1 Å². The van der Waals surface area contributed by atoms with Crippen molar-refractivity contribution < 1.29 is 10.0 Å². The highest BCUT2D eigenvalue weighted by Crippen LogP contribution is 2.39. The van der Waals surface area contributed by atoms with E-state index in [0.717, 1.165) is 21.5 Å². The van der Waals surface area contributed by atoms with Gasteiger partial charge in [0.1, 0.15) is 0 Å². The van der Waals surface area contributed by atoms with E-state index in [1.165, 1.54) is 21.5 Å². The fraction of sp³-hybridized carbons (Fsp3) is 0. The zero-order valence-electron chi connectivity index (χ0n) is 12.3. The van der Waals surface area contributed by atoms with Gasteiger partial charge in [-0.2, -0.15) is 0 Å². The molecule has 0 fully saturated rings. The van der Waals surface area contributed by atoms with Gasteiger partial charge in [0, 0.05) is 0 Å². The lowest BCUT2D eigenvalue weighted by molar-refractivity contribution is 0.426. The molecule has 2 N–H and O–H groups in total. The largest absolute Gasteiger partial charge is 0.489 e. The molecule has 0 saturated heterocycles. The van der Waals surface area contributed by atoms with E-state index in [0.29, 0.717) is 5.46 Å². The van der Waals surface area contributed by atoms with Crippen LogP contribution in [0.1, 0.15) is 0 Å². The SMILES string of the molecule is OB(O)c1ccc2c3cccc4cccc(c5cccc1c52)c43. The van der Waals surface area contributed by atoms with Crippen molar-refractivity contribution in [3.8, 4) is 0 Å². The summed E-state index contributed by atoms with van der Waals surface area (Å²) in [7, 11) is -1.47. The van der Waals surface area contributed by atoms with Gasteiger partial charge in [0.2, 0.25) is 0 Å². The standard InChI is InChI=1S/C20H13BO2/c22-21(23)18-11-10-16-14-7-2-5-12-4-1-6-13(19(12)14)15-8-3-9-17(18)20(15)16/h1-11,22-23H. The Morgan fingerprint density at radius 3 is 1.70 bits per heavy atom. The maximum atomic E-state index is 9.70. The van der Waals surface area contributed by atoms with Crippen LogP contribution in [0.4, 0.5) is 0 Å². The zero-order chi connectivity index (χ0) is 15.6. The normalized spacial score (nSPS) is 11.9. The number of rotatable bonds is 1. The third-order valence-electron chi connectivity index (χ3n) is 4.84. The molecule has 0 aliphatic carbocycles. The van der Waals surface area contributed by atoms with E-state index >= 15 is 0 Å². The Hall–Kier alpha value is -2.62. The lowest BCUT2D eigenvalue weighted by Gasteiger charge is -2.16. The first-order chi connectivity index (χ1) is 11.3. The van der Waals surface area contributed by atoms with Crippen LogP contribution in [0.5, 0.6) is 0 Å². The van der Waals surface area contributed by atoms with Crippen molar-refractivity contribution in [2.24, 2.45) is 0 Å². The van der Waals surface area contributed by atoms with Crippen LogP contribution >= 0.6 is 0 Å². The molecule has 0 heterocycles. The Morgan fingerprint density at radius 1 is 0.522 bits per heavy atom. The third-order valence-corrected chi connectivity index (χ3v) is 4.84. The van der Waals surface area contributed by atoms with Crippen LogP contribution in [-0.2, 0) is 0 Å². The summed E-state index contributed by atoms with van der Waals surface area (Å²) in [4.78, 5) is 0. The van der Waals surface area contributed by atoms with E-state index in [-0.39, 0.29) is 0 Å². The molecule has 5 aromatic rings. The maximum absolute atomic E-state index is 9.70. The smallest absolute Gasteiger partial charge is 0.423 e. The molecule has 3 heteroatoms. The van der Waals surface area contributed by atoms with Crippen LogP contribution in [0.2, 0.25) is 0 Å². The van der Waals surface area contributed by atoms with Crippen molar-refractivity contribution in [2.75, 3.05) is 0 Å². The summed E-state index contributed by atoms with van der Waals surface area (Å²) >= 11 is 0.